The highest BCUT2D eigenvalue weighted by molar-refractivity contribution is 5.90. The minimum Gasteiger partial charge on any atom is -0.458 e. The zero-order chi connectivity index (χ0) is 29.1. The van der Waals surface area contributed by atoms with Gasteiger partial charge >= 0.3 is 17.9 Å². The molecule has 9 heteroatoms. The quantitative estimate of drug-likeness (QED) is 0.423. The Labute approximate surface area is 233 Å². The number of hydrogen-bond acceptors (Lipinski definition) is 9. The normalized spacial score (nSPS) is 37.6. The standard InChI is InChI=1S/C31H36O9/c1-18(32)37-23-24(33)30(5,36)31-17-21(28(2,3)40-31)16-22(38-26(34)19-12-8-6-9-13-19)29(31,4)25(23)39-27(35)20-14-10-7-11-15-20/h6-15,21-25,33,36H,16-17H2,1-5H3/t21-,22+,23-,24+,25+,29+,30+,31-/m1/s1. The molecule has 2 aromatic carbocycles. The van der Waals surface area contributed by atoms with Crippen LogP contribution in [0, 0.1) is 11.3 Å². The SMILES string of the molecule is CC(=O)O[C@H]1[C@H](OC(=O)c2ccccc2)[C@]2(C)[C@@H](OC(=O)c3ccccc3)C[C@@H]3C[C@]2(OC3(C)C)[C@@](C)(O)[C@H]1O. The summed E-state index contributed by atoms with van der Waals surface area (Å²) < 4.78 is 24.6. The molecule has 0 amide bonds. The summed E-state index contributed by atoms with van der Waals surface area (Å²) >= 11 is 0. The lowest BCUT2D eigenvalue weighted by Gasteiger charge is -2.65. The topological polar surface area (TPSA) is 129 Å². The van der Waals surface area contributed by atoms with Crippen LogP contribution in [0.15, 0.2) is 60.7 Å². The van der Waals surface area contributed by atoms with Gasteiger partial charge < -0.3 is 29.2 Å². The first-order chi connectivity index (χ1) is 18.7. The number of hydrogen-bond donors (Lipinski definition) is 2. The van der Waals surface area contributed by atoms with Gasteiger partial charge in [-0.15, -0.1) is 0 Å². The van der Waals surface area contributed by atoms with E-state index in [9.17, 15) is 24.6 Å². The van der Waals surface area contributed by atoms with Gasteiger partial charge in [0.25, 0.3) is 0 Å². The minimum atomic E-state index is -1.98. The zero-order valence-electron chi connectivity index (χ0n) is 23.3. The lowest BCUT2D eigenvalue weighted by molar-refractivity contribution is -0.350. The maximum atomic E-state index is 13.5. The predicted octanol–water partition coefficient (Wildman–Crippen LogP) is 3.46. The van der Waals surface area contributed by atoms with Crippen molar-refractivity contribution in [2.45, 2.75) is 88.7 Å². The van der Waals surface area contributed by atoms with Crippen LogP contribution in [0.3, 0.4) is 0 Å². The summed E-state index contributed by atoms with van der Waals surface area (Å²) in [6.45, 7) is 8.09. The largest absolute Gasteiger partial charge is 0.458 e. The summed E-state index contributed by atoms with van der Waals surface area (Å²) in [7, 11) is 0. The molecular formula is C31H36O9. The molecule has 0 aromatic heterocycles. The Kier molecular flexibility index (Phi) is 6.84. The third-order valence-electron chi connectivity index (χ3n) is 9.39. The number of carbonyl (C=O) groups is 3. The molecule has 2 bridgehead atoms. The van der Waals surface area contributed by atoms with E-state index in [0.717, 1.165) is 0 Å². The van der Waals surface area contributed by atoms with Crippen molar-refractivity contribution in [2.24, 2.45) is 11.3 Å². The summed E-state index contributed by atoms with van der Waals surface area (Å²) in [5.41, 5.74) is -5.17. The van der Waals surface area contributed by atoms with Gasteiger partial charge in [-0.25, -0.2) is 9.59 Å². The Morgan fingerprint density at radius 3 is 1.90 bits per heavy atom. The van der Waals surface area contributed by atoms with Gasteiger partial charge in [0.05, 0.1) is 22.1 Å². The van der Waals surface area contributed by atoms with Crippen LogP contribution in [0.1, 0.15) is 68.2 Å². The van der Waals surface area contributed by atoms with E-state index >= 15 is 0 Å². The van der Waals surface area contributed by atoms with E-state index in [-0.39, 0.29) is 11.5 Å². The summed E-state index contributed by atoms with van der Waals surface area (Å²) in [6.07, 6.45) is -4.81. The van der Waals surface area contributed by atoms with E-state index in [1.807, 2.05) is 13.8 Å². The van der Waals surface area contributed by atoms with Crippen LogP contribution in [0.5, 0.6) is 0 Å². The van der Waals surface area contributed by atoms with Gasteiger partial charge in [0.15, 0.2) is 12.2 Å². The fourth-order valence-electron chi connectivity index (χ4n) is 7.17. The molecule has 214 valence electrons. The molecule has 3 aliphatic rings. The van der Waals surface area contributed by atoms with Crippen LogP contribution < -0.4 is 0 Å². The lowest BCUT2D eigenvalue weighted by Crippen LogP contribution is -2.82. The molecule has 2 aliphatic carbocycles. The van der Waals surface area contributed by atoms with Crippen LogP contribution in [0.25, 0.3) is 0 Å². The van der Waals surface area contributed by atoms with E-state index in [0.29, 0.717) is 18.4 Å². The van der Waals surface area contributed by atoms with Crippen molar-refractivity contribution in [3.63, 3.8) is 0 Å². The summed E-state index contributed by atoms with van der Waals surface area (Å²) in [5, 5.41) is 23.7. The summed E-state index contributed by atoms with van der Waals surface area (Å²) in [6, 6.07) is 16.8. The number of ether oxygens (including phenoxy) is 4. The number of benzene rings is 2. The first kappa shape index (κ1) is 28.3. The molecule has 5 rings (SSSR count). The van der Waals surface area contributed by atoms with Gasteiger partial charge in [-0.3, -0.25) is 4.79 Å². The number of esters is 3. The Morgan fingerprint density at radius 1 is 0.850 bits per heavy atom. The molecule has 2 aromatic rings. The molecule has 1 heterocycles. The Hall–Kier alpha value is -3.27. The van der Waals surface area contributed by atoms with Gasteiger partial charge in [0.1, 0.15) is 23.4 Å². The number of rotatable bonds is 5. The number of aliphatic hydroxyl groups is 2. The van der Waals surface area contributed by atoms with Crippen molar-refractivity contribution >= 4 is 17.9 Å². The van der Waals surface area contributed by atoms with E-state index in [1.54, 1.807) is 67.6 Å². The molecule has 2 N–H and O–H groups in total. The van der Waals surface area contributed by atoms with E-state index < -0.39 is 64.5 Å². The highest BCUT2D eigenvalue weighted by atomic mass is 16.6. The molecule has 8 atom stereocenters. The number of carbonyl (C=O) groups excluding carboxylic acids is 3. The highest BCUT2D eigenvalue weighted by Crippen LogP contribution is 2.68. The maximum Gasteiger partial charge on any atom is 0.338 e. The Balaban J connectivity index is 1.67. The summed E-state index contributed by atoms with van der Waals surface area (Å²) in [4.78, 5) is 39.1. The van der Waals surface area contributed by atoms with Crippen molar-refractivity contribution in [1.82, 2.24) is 0 Å². The molecule has 0 radical (unpaired) electrons. The molecule has 9 nitrogen and oxygen atoms in total. The summed E-state index contributed by atoms with van der Waals surface area (Å²) in [5.74, 6) is -2.22. The molecule has 0 unspecified atom stereocenters. The fourth-order valence-corrected chi connectivity index (χ4v) is 7.17. The van der Waals surface area contributed by atoms with Crippen molar-refractivity contribution < 1.29 is 43.5 Å². The molecular weight excluding hydrogens is 516 g/mol. The molecule has 1 spiro atoms. The van der Waals surface area contributed by atoms with Crippen molar-refractivity contribution in [3.05, 3.63) is 71.8 Å². The van der Waals surface area contributed by atoms with Crippen LogP contribution in [0.4, 0.5) is 0 Å². The lowest BCUT2D eigenvalue weighted by atomic mass is 9.47. The minimum absolute atomic E-state index is 0.163. The van der Waals surface area contributed by atoms with Crippen LogP contribution in [-0.2, 0) is 23.7 Å². The van der Waals surface area contributed by atoms with Gasteiger partial charge in [0.2, 0.25) is 0 Å². The molecule has 1 saturated heterocycles. The van der Waals surface area contributed by atoms with Gasteiger partial charge in [-0.2, -0.15) is 0 Å². The third-order valence-corrected chi connectivity index (χ3v) is 9.39. The van der Waals surface area contributed by atoms with Gasteiger partial charge in [-0.05, 0) is 70.7 Å². The second-order valence-corrected chi connectivity index (χ2v) is 12.1. The Morgan fingerprint density at radius 2 is 1.38 bits per heavy atom. The van der Waals surface area contributed by atoms with Crippen LogP contribution in [0.2, 0.25) is 0 Å². The van der Waals surface area contributed by atoms with E-state index in [2.05, 4.69) is 0 Å². The van der Waals surface area contributed by atoms with Crippen molar-refractivity contribution in [3.8, 4) is 0 Å². The highest BCUT2D eigenvalue weighted by Gasteiger charge is 2.82. The smallest absolute Gasteiger partial charge is 0.338 e. The van der Waals surface area contributed by atoms with Gasteiger partial charge in [0, 0.05) is 6.92 Å². The zero-order valence-corrected chi connectivity index (χ0v) is 23.3. The van der Waals surface area contributed by atoms with Crippen LogP contribution in [-0.4, -0.2) is 69.3 Å². The van der Waals surface area contributed by atoms with Gasteiger partial charge in [-0.1, -0.05) is 36.4 Å². The predicted molar refractivity (Wildman–Crippen MR) is 142 cm³/mol. The first-order valence-electron chi connectivity index (χ1n) is 13.5. The van der Waals surface area contributed by atoms with E-state index in [1.165, 1.54) is 13.8 Å². The monoisotopic (exact) mass is 552 g/mol. The number of aliphatic hydroxyl groups excluding tert-OH is 1. The number of fused-ring (bicyclic) bond motifs is 1. The van der Waals surface area contributed by atoms with Crippen LogP contribution >= 0.6 is 0 Å². The third kappa shape index (κ3) is 4.14. The molecule has 3 fully saturated rings. The first-order valence-corrected chi connectivity index (χ1v) is 13.5. The molecule has 40 heavy (non-hydrogen) atoms. The fraction of sp³-hybridized carbons (Fsp3) is 0.516. The Bertz CT molecular complexity index is 1290. The molecule has 2 saturated carbocycles. The maximum absolute atomic E-state index is 13.5. The molecule has 1 aliphatic heterocycles. The second kappa shape index (κ2) is 9.68. The second-order valence-electron chi connectivity index (χ2n) is 12.1. The van der Waals surface area contributed by atoms with Crippen molar-refractivity contribution in [2.75, 3.05) is 0 Å². The van der Waals surface area contributed by atoms with Crippen molar-refractivity contribution in [1.29, 1.82) is 0 Å². The van der Waals surface area contributed by atoms with E-state index in [4.69, 9.17) is 18.9 Å². The average Bonchev–Trinajstić information content (AvgIpc) is 3.17. The average molecular weight is 553 g/mol.